The number of carbonyl (C=O) groups excluding carboxylic acids is 2. The number of benzene rings is 2. The van der Waals surface area contributed by atoms with Crippen LogP contribution in [0, 0.1) is 0 Å². The summed E-state index contributed by atoms with van der Waals surface area (Å²) in [6, 6.07) is 6.43. The fourth-order valence-electron chi connectivity index (χ4n) is 2.71. The van der Waals surface area contributed by atoms with Gasteiger partial charge >= 0.3 is 0 Å². The summed E-state index contributed by atoms with van der Waals surface area (Å²) in [5.74, 6) is 1.06. The third kappa shape index (κ3) is 6.03. The molecule has 0 aliphatic heterocycles. The van der Waals surface area contributed by atoms with E-state index in [9.17, 15) is 9.59 Å². The van der Waals surface area contributed by atoms with Crippen molar-refractivity contribution in [3.8, 4) is 28.7 Å². The minimum Gasteiger partial charge on any atom is -0.493 e. The number of hydrogen-bond donors (Lipinski definition) is 2. The second kappa shape index (κ2) is 11.8. The normalized spacial score (nSPS) is 10.4. The van der Waals surface area contributed by atoms with Gasteiger partial charge in [-0.3, -0.25) is 9.59 Å². The number of carbonyl (C=O) groups is 2. The smallest absolute Gasteiger partial charge is 0.259 e. The predicted octanol–water partition coefficient (Wildman–Crippen LogP) is 2.37. The lowest BCUT2D eigenvalue weighted by atomic mass is 10.1. The molecule has 0 radical (unpaired) electrons. The molecule has 0 aromatic heterocycles. The lowest BCUT2D eigenvalue weighted by molar-refractivity contribution is -0.120. The van der Waals surface area contributed by atoms with E-state index in [4.69, 9.17) is 23.7 Å². The van der Waals surface area contributed by atoms with Crippen molar-refractivity contribution in [2.75, 3.05) is 42.1 Å². The summed E-state index contributed by atoms with van der Waals surface area (Å²) >= 11 is 3.39. The first-order valence-corrected chi connectivity index (χ1v) is 9.99. The molecule has 2 aromatic carbocycles. The van der Waals surface area contributed by atoms with Crippen LogP contribution in [0.4, 0.5) is 0 Å². The highest BCUT2D eigenvalue weighted by Gasteiger charge is 2.17. The van der Waals surface area contributed by atoms with Crippen LogP contribution in [-0.2, 0) is 4.79 Å². The Bertz CT molecular complexity index is 986. The number of hydrazone groups is 1. The molecule has 32 heavy (non-hydrogen) atoms. The fraction of sp³-hybridized carbons (Fsp3) is 0.286. The summed E-state index contributed by atoms with van der Waals surface area (Å²) in [7, 11) is 7.40. The Balaban J connectivity index is 1.99. The number of methoxy groups -OCH3 is 5. The van der Waals surface area contributed by atoms with Crippen LogP contribution in [0.15, 0.2) is 33.8 Å². The highest BCUT2D eigenvalue weighted by molar-refractivity contribution is 9.10. The maximum Gasteiger partial charge on any atom is 0.259 e. The lowest BCUT2D eigenvalue weighted by Gasteiger charge is -2.14. The first kappa shape index (κ1) is 24.8. The molecule has 2 amide bonds. The summed E-state index contributed by atoms with van der Waals surface area (Å²) in [6.07, 6.45) is 1.44. The molecule has 2 N–H and O–H groups in total. The molecule has 0 bridgehead atoms. The van der Waals surface area contributed by atoms with Crippen molar-refractivity contribution in [1.82, 2.24) is 10.7 Å². The van der Waals surface area contributed by atoms with Gasteiger partial charge < -0.3 is 29.0 Å². The third-order valence-electron chi connectivity index (χ3n) is 4.20. The van der Waals surface area contributed by atoms with E-state index in [2.05, 4.69) is 31.8 Å². The maximum atomic E-state index is 12.4. The van der Waals surface area contributed by atoms with Crippen LogP contribution in [0.3, 0.4) is 0 Å². The molecule has 10 nitrogen and oxygen atoms in total. The molecule has 2 aromatic rings. The van der Waals surface area contributed by atoms with E-state index in [-0.39, 0.29) is 12.1 Å². The van der Waals surface area contributed by atoms with E-state index in [0.29, 0.717) is 38.8 Å². The zero-order chi connectivity index (χ0) is 23.7. The molecule has 0 aliphatic rings. The zero-order valence-corrected chi connectivity index (χ0v) is 19.9. The van der Waals surface area contributed by atoms with Gasteiger partial charge in [0, 0.05) is 5.56 Å². The van der Waals surface area contributed by atoms with E-state index >= 15 is 0 Å². The van der Waals surface area contributed by atoms with Crippen molar-refractivity contribution < 1.29 is 33.3 Å². The zero-order valence-electron chi connectivity index (χ0n) is 18.3. The van der Waals surface area contributed by atoms with Gasteiger partial charge in [-0.1, -0.05) is 0 Å². The molecule has 0 aliphatic carbocycles. The molecule has 0 saturated heterocycles. The van der Waals surface area contributed by atoms with Crippen molar-refractivity contribution >= 4 is 34.0 Å². The van der Waals surface area contributed by atoms with Crippen molar-refractivity contribution in [3.63, 3.8) is 0 Å². The molecule has 0 atom stereocenters. The first-order chi connectivity index (χ1) is 15.4. The molecular formula is C21H24BrN3O7. The molecular weight excluding hydrogens is 486 g/mol. The Morgan fingerprint density at radius 1 is 0.875 bits per heavy atom. The number of hydrogen-bond acceptors (Lipinski definition) is 8. The van der Waals surface area contributed by atoms with Crippen molar-refractivity contribution in [1.29, 1.82) is 0 Å². The van der Waals surface area contributed by atoms with Crippen LogP contribution in [0.5, 0.6) is 28.7 Å². The second-order valence-electron chi connectivity index (χ2n) is 6.13. The standard InChI is InChI=1S/C21H24BrN3O7/c1-28-15-7-12(6-14(22)19(15)31-4)10-24-25-18(26)11-23-21(27)13-8-16(29-2)20(32-5)17(9-13)30-3/h6-10H,11H2,1-5H3,(H,23,27)(H,25,26)/b24-10+. The predicted molar refractivity (Wildman–Crippen MR) is 121 cm³/mol. The first-order valence-electron chi connectivity index (χ1n) is 9.20. The van der Waals surface area contributed by atoms with Gasteiger partial charge in [-0.15, -0.1) is 0 Å². The number of nitrogens with one attached hydrogen (secondary N) is 2. The molecule has 0 heterocycles. The molecule has 0 spiro atoms. The van der Waals surface area contributed by atoms with Gasteiger partial charge in [0.25, 0.3) is 11.8 Å². The van der Waals surface area contributed by atoms with E-state index in [0.717, 1.165) is 0 Å². The van der Waals surface area contributed by atoms with E-state index in [1.165, 1.54) is 53.9 Å². The average molecular weight is 510 g/mol. The van der Waals surface area contributed by atoms with Crippen LogP contribution >= 0.6 is 15.9 Å². The molecule has 0 fully saturated rings. The van der Waals surface area contributed by atoms with Crippen molar-refractivity contribution in [2.45, 2.75) is 0 Å². The summed E-state index contributed by atoms with van der Waals surface area (Å²) in [4.78, 5) is 24.5. The van der Waals surface area contributed by atoms with E-state index in [1.54, 1.807) is 12.1 Å². The van der Waals surface area contributed by atoms with Crippen molar-refractivity contribution in [3.05, 3.63) is 39.9 Å². The Morgan fingerprint density at radius 3 is 1.97 bits per heavy atom. The second-order valence-corrected chi connectivity index (χ2v) is 6.98. The largest absolute Gasteiger partial charge is 0.493 e. The maximum absolute atomic E-state index is 12.4. The molecule has 11 heteroatoms. The van der Waals surface area contributed by atoms with E-state index in [1.807, 2.05) is 0 Å². The Morgan fingerprint density at radius 2 is 1.44 bits per heavy atom. The Hall–Kier alpha value is -3.47. The van der Waals surface area contributed by atoms with Gasteiger partial charge in [0.05, 0.1) is 52.8 Å². The van der Waals surface area contributed by atoms with Crippen LogP contribution in [0.1, 0.15) is 15.9 Å². The summed E-state index contributed by atoms with van der Waals surface area (Å²) in [5, 5.41) is 6.40. The van der Waals surface area contributed by atoms with Gasteiger partial charge in [0.1, 0.15) is 0 Å². The fourth-order valence-corrected chi connectivity index (χ4v) is 3.33. The van der Waals surface area contributed by atoms with Crippen LogP contribution in [0.2, 0.25) is 0 Å². The SMILES string of the molecule is COc1cc(/C=N/NC(=O)CNC(=O)c2cc(OC)c(OC)c(OC)c2)cc(Br)c1OC. The number of halogens is 1. The molecule has 0 unspecified atom stereocenters. The summed E-state index contributed by atoms with van der Waals surface area (Å²) < 4.78 is 26.9. The highest BCUT2D eigenvalue weighted by atomic mass is 79.9. The van der Waals surface area contributed by atoms with Crippen LogP contribution in [0.25, 0.3) is 0 Å². The number of amides is 2. The van der Waals surface area contributed by atoms with Gasteiger partial charge in [-0.25, -0.2) is 5.43 Å². The van der Waals surface area contributed by atoms with Crippen LogP contribution < -0.4 is 34.4 Å². The minimum atomic E-state index is -0.512. The monoisotopic (exact) mass is 509 g/mol. The van der Waals surface area contributed by atoms with Crippen LogP contribution in [-0.4, -0.2) is 60.1 Å². The molecule has 172 valence electrons. The lowest BCUT2D eigenvalue weighted by Crippen LogP contribution is -2.34. The Labute approximate surface area is 193 Å². The number of rotatable bonds is 10. The van der Waals surface area contributed by atoms with Gasteiger partial charge in [0.15, 0.2) is 23.0 Å². The number of nitrogens with zero attached hydrogens (tertiary/aromatic N) is 1. The van der Waals surface area contributed by atoms with Gasteiger partial charge in [-0.05, 0) is 45.8 Å². The molecule has 2 rings (SSSR count). The third-order valence-corrected chi connectivity index (χ3v) is 4.78. The van der Waals surface area contributed by atoms with Gasteiger partial charge in [-0.2, -0.15) is 5.10 Å². The Kier molecular flexibility index (Phi) is 9.14. The van der Waals surface area contributed by atoms with Crippen molar-refractivity contribution in [2.24, 2.45) is 5.10 Å². The number of ether oxygens (including phenoxy) is 5. The van der Waals surface area contributed by atoms with Gasteiger partial charge in [0.2, 0.25) is 5.75 Å². The highest BCUT2D eigenvalue weighted by Crippen LogP contribution is 2.38. The summed E-state index contributed by atoms with van der Waals surface area (Å²) in [5.41, 5.74) is 3.25. The van der Waals surface area contributed by atoms with E-state index < -0.39 is 11.8 Å². The quantitative estimate of drug-likeness (QED) is 0.373. The summed E-state index contributed by atoms with van der Waals surface area (Å²) in [6.45, 7) is -0.289. The molecule has 0 saturated carbocycles. The minimum absolute atomic E-state index is 0.242. The average Bonchev–Trinajstić information content (AvgIpc) is 2.80. The topological polar surface area (TPSA) is 117 Å².